The maximum absolute atomic E-state index is 13.3. The summed E-state index contributed by atoms with van der Waals surface area (Å²) in [5.41, 5.74) is 2.32. The number of benzene rings is 3. The largest absolute Gasteiger partial charge is 0.508 e. The number of hydroxylamine groups is 1. The smallest absolute Gasteiger partial charge is 0.123 e. The zero-order valence-corrected chi connectivity index (χ0v) is 15.6. The minimum atomic E-state index is -0.723. The Labute approximate surface area is 167 Å². The number of hydrogen-bond donors (Lipinski definition) is 2. The van der Waals surface area contributed by atoms with Crippen LogP contribution in [0.2, 0.25) is 0 Å². The number of halogens is 2. The van der Waals surface area contributed by atoms with Gasteiger partial charge >= 0.3 is 0 Å². The molecule has 150 valence electrons. The number of nitrogens with zero attached hydrogens (tertiary/aromatic N) is 1. The number of phenolic OH excluding ortho intramolecular Hbond substituents is 1. The van der Waals surface area contributed by atoms with Gasteiger partial charge in [-0.1, -0.05) is 24.3 Å². The minimum absolute atomic E-state index is 0.138. The van der Waals surface area contributed by atoms with E-state index in [1.54, 1.807) is 41.5 Å². The maximum atomic E-state index is 13.3. The molecule has 0 saturated carbocycles. The number of hydrogen-bond acceptors (Lipinski definition) is 4. The molecular weight excluding hydrogens is 376 g/mol. The molecule has 0 spiro atoms. The Kier molecular flexibility index (Phi) is 5.47. The number of aliphatic hydroxyl groups excluding tert-OH is 1. The van der Waals surface area contributed by atoms with Gasteiger partial charge in [-0.3, -0.25) is 4.84 Å². The van der Waals surface area contributed by atoms with Crippen LogP contribution in [0, 0.1) is 11.6 Å². The van der Waals surface area contributed by atoms with E-state index in [4.69, 9.17) is 4.84 Å². The topological polar surface area (TPSA) is 52.9 Å². The Morgan fingerprint density at radius 3 is 2.07 bits per heavy atom. The van der Waals surface area contributed by atoms with Gasteiger partial charge in [0.25, 0.3) is 0 Å². The highest BCUT2D eigenvalue weighted by molar-refractivity contribution is 5.49. The summed E-state index contributed by atoms with van der Waals surface area (Å²) in [5.74, 6) is -0.495. The van der Waals surface area contributed by atoms with Crippen molar-refractivity contribution in [3.63, 3.8) is 0 Å². The predicted molar refractivity (Wildman–Crippen MR) is 105 cm³/mol. The molecule has 6 heteroatoms. The molecule has 3 aromatic rings. The Morgan fingerprint density at radius 2 is 1.45 bits per heavy atom. The first kappa shape index (κ1) is 19.4. The molecule has 1 fully saturated rings. The molecule has 29 heavy (non-hydrogen) atoms. The van der Waals surface area contributed by atoms with E-state index in [1.807, 2.05) is 12.1 Å². The van der Waals surface area contributed by atoms with Crippen molar-refractivity contribution in [2.24, 2.45) is 0 Å². The standard InChI is InChI=1S/C23H21F2NO3/c24-17-5-1-15(2-6-17)21(28)13-14-22-23(16-3-11-20(27)12-4-16)26(29-22)19-9-7-18(25)8-10-19/h1-12,21-23,27-28H,13-14H2/t21-,22+,23+/m0/s1. The van der Waals surface area contributed by atoms with Gasteiger partial charge in [0.05, 0.1) is 11.8 Å². The fourth-order valence-corrected chi connectivity index (χ4v) is 3.57. The van der Waals surface area contributed by atoms with Gasteiger partial charge in [-0.25, -0.2) is 13.8 Å². The predicted octanol–water partition coefficient (Wildman–Crippen LogP) is 5.05. The third kappa shape index (κ3) is 4.23. The molecule has 0 radical (unpaired) electrons. The average Bonchev–Trinajstić information content (AvgIpc) is 2.70. The van der Waals surface area contributed by atoms with Gasteiger partial charge in [0.2, 0.25) is 0 Å². The third-order valence-electron chi connectivity index (χ3n) is 5.15. The lowest BCUT2D eigenvalue weighted by Crippen LogP contribution is -2.51. The van der Waals surface area contributed by atoms with Crippen LogP contribution in [0.4, 0.5) is 14.5 Å². The molecule has 4 nitrogen and oxygen atoms in total. The lowest BCUT2D eigenvalue weighted by Gasteiger charge is -2.48. The number of rotatable bonds is 6. The average molecular weight is 397 g/mol. The van der Waals surface area contributed by atoms with Gasteiger partial charge in [-0.2, -0.15) is 0 Å². The molecule has 0 amide bonds. The van der Waals surface area contributed by atoms with E-state index >= 15 is 0 Å². The highest BCUT2D eigenvalue weighted by Gasteiger charge is 2.42. The van der Waals surface area contributed by atoms with E-state index in [2.05, 4.69) is 0 Å². The van der Waals surface area contributed by atoms with Crippen molar-refractivity contribution in [2.75, 3.05) is 5.06 Å². The monoisotopic (exact) mass is 397 g/mol. The Hall–Kier alpha value is -2.96. The van der Waals surface area contributed by atoms with Crippen LogP contribution < -0.4 is 5.06 Å². The van der Waals surface area contributed by atoms with Gasteiger partial charge < -0.3 is 10.2 Å². The van der Waals surface area contributed by atoms with Crippen LogP contribution in [0.15, 0.2) is 72.8 Å². The van der Waals surface area contributed by atoms with Crippen molar-refractivity contribution in [2.45, 2.75) is 31.1 Å². The molecule has 0 aromatic heterocycles. The van der Waals surface area contributed by atoms with Gasteiger partial charge in [0, 0.05) is 0 Å². The first-order chi connectivity index (χ1) is 14.0. The summed E-state index contributed by atoms with van der Waals surface area (Å²) in [6, 6.07) is 18.6. The number of aromatic hydroxyl groups is 1. The fraction of sp³-hybridized carbons (Fsp3) is 0.217. The van der Waals surface area contributed by atoms with Crippen LogP contribution in [0.3, 0.4) is 0 Å². The zero-order chi connectivity index (χ0) is 20.4. The van der Waals surface area contributed by atoms with Crippen molar-refractivity contribution in [3.8, 4) is 5.75 Å². The van der Waals surface area contributed by atoms with Gasteiger partial charge in [-0.15, -0.1) is 0 Å². The molecule has 0 unspecified atom stereocenters. The molecule has 1 heterocycles. The second-order valence-corrected chi connectivity index (χ2v) is 7.13. The van der Waals surface area contributed by atoms with Crippen molar-refractivity contribution < 1.29 is 23.8 Å². The van der Waals surface area contributed by atoms with E-state index < -0.39 is 6.10 Å². The highest BCUT2D eigenvalue weighted by atomic mass is 19.1. The summed E-state index contributed by atoms with van der Waals surface area (Å²) in [5, 5.41) is 21.7. The van der Waals surface area contributed by atoms with Crippen molar-refractivity contribution >= 4 is 5.69 Å². The summed E-state index contributed by atoms with van der Waals surface area (Å²) in [6.07, 6.45) is 0.100. The molecule has 2 N–H and O–H groups in total. The summed E-state index contributed by atoms with van der Waals surface area (Å²) < 4.78 is 26.3. The van der Waals surface area contributed by atoms with E-state index in [0.717, 1.165) is 11.3 Å². The molecule has 1 aliphatic heterocycles. The molecule has 1 saturated heterocycles. The third-order valence-corrected chi connectivity index (χ3v) is 5.15. The van der Waals surface area contributed by atoms with Crippen LogP contribution in [-0.2, 0) is 4.84 Å². The van der Waals surface area contributed by atoms with Crippen molar-refractivity contribution in [1.82, 2.24) is 0 Å². The molecular formula is C23H21F2NO3. The van der Waals surface area contributed by atoms with E-state index in [0.29, 0.717) is 18.4 Å². The van der Waals surface area contributed by atoms with E-state index in [1.165, 1.54) is 24.3 Å². The molecule has 0 bridgehead atoms. The fourth-order valence-electron chi connectivity index (χ4n) is 3.57. The molecule has 0 aliphatic carbocycles. The second kappa shape index (κ2) is 8.19. The Balaban J connectivity index is 1.49. The van der Waals surface area contributed by atoms with Gasteiger partial charge in [0.15, 0.2) is 0 Å². The molecule has 4 rings (SSSR count). The maximum Gasteiger partial charge on any atom is 0.123 e. The Morgan fingerprint density at radius 1 is 0.862 bits per heavy atom. The van der Waals surface area contributed by atoms with Gasteiger partial charge in [0.1, 0.15) is 29.5 Å². The number of phenols is 1. The van der Waals surface area contributed by atoms with Crippen LogP contribution in [0.5, 0.6) is 5.75 Å². The normalized spacial score (nSPS) is 19.6. The molecule has 3 atom stereocenters. The SMILES string of the molecule is Oc1ccc([C@@H]2[C@@H](CC[C@H](O)c3ccc(F)cc3)ON2c2ccc(F)cc2)cc1. The molecule has 3 aromatic carbocycles. The Bertz CT molecular complexity index is 945. The zero-order valence-electron chi connectivity index (χ0n) is 15.6. The molecule has 1 aliphatic rings. The first-order valence-electron chi connectivity index (χ1n) is 9.45. The second-order valence-electron chi connectivity index (χ2n) is 7.13. The van der Waals surface area contributed by atoms with E-state index in [9.17, 15) is 19.0 Å². The quantitative estimate of drug-likeness (QED) is 0.612. The number of anilines is 1. The summed E-state index contributed by atoms with van der Waals surface area (Å²) >= 11 is 0. The highest BCUT2D eigenvalue weighted by Crippen LogP contribution is 2.43. The first-order valence-corrected chi connectivity index (χ1v) is 9.45. The lowest BCUT2D eigenvalue weighted by atomic mass is 9.92. The van der Waals surface area contributed by atoms with Crippen LogP contribution in [-0.4, -0.2) is 16.3 Å². The van der Waals surface area contributed by atoms with Crippen LogP contribution >= 0.6 is 0 Å². The summed E-state index contributed by atoms with van der Waals surface area (Å²) in [6.45, 7) is 0. The number of aliphatic hydroxyl groups is 1. The van der Waals surface area contributed by atoms with Crippen LogP contribution in [0.25, 0.3) is 0 Å². The van der Waals surface area contributed by atoms with Gasteiger partial charge in [-0.05, 0) is 72.5 Å². The van der Waals surface area contributed by atoms with Crippen molar-refractivity contribution in [1.29, 1.82) is 0 Å². The van der Waals surface area contributed by atoms with E-state index in [-0.39, 0.29) is 29.5 Å². The summed E-state index contributed by atoms with van der Waals surface area (Å²) in [4.78, 5) is 5.95. The minimum Gasteiger partial charge on any atom is -0.508 e. The van der Waals surface area contributed by atoms with Crippen LogP contribution in [0.1, 0.15) is 36.1 Å². The lowest BCUT2D eigenvalue weighted by molar-refractivity contribution is -0.113. The van der Waals surface area contributed by atoms with Crippen molar-refractivity contribution in [3.05, 3.63) is 95.6 Å². The summed E-state index contributed by atoms with van der Waals surface area (Å²) in [7, 11) is 0.